The first kappa shape index (κ1) is 22.3. The summed E-state index contributed by atoms with van der Waals surface area (Å²) in [5.41, 5.74) is 2.39. The minimum atomic E-state index is -1.51. The first-order valence-corrected chi connectivity index (χ1v) is 11.0. The molecule has 1 fully saturated rings. The summed E-state index contributed by atoms with van der Waals surface area (Å²) in [6.07, 6.45) is -3.97. The van der Waals surface area contributed by atoms with Crippen LogP contribution >= 0.6 is 11.8 Å². The summed E-state index contributed by atoms with van der Waals surface area (Å²) in [5.74, 6) is -0.397. The molecular weight excluding hydrogens is 421 g/mol. The molecule has 166 valence electrons. The van der Waals surface area contributed by atoms with Crippen molar-refractivity contribution in [1.82, 2.24) is 4.57 Å². The van der Waals surface area contributed by atoms with Gasteiger partial charge in [-0.15, -0.1) is 0 Å². The van der Waals surface area contributed by atoms with Gasteiger partial charge in [-0.3, -0.25) is 0 Å². The molecule has 31 heavy (non-hydrogen) atoms. The Hall–Kier alpha value is -1.94. The van der Waals surface area contributed by atoms with Gasteiger partial charge in [0.15, 0.2) is 6.23 Å². The van der Waals surface area contributed by atoms with E-state index < -0.39 is 43.1 Å². The average Bonchev–Trinajstić information content (AvgIpc) is 3.11. The standard InChI is InChI=1S/C23H26FNO5S/c1-3-13-4-6-14(7-5-13)31-18-10-25(16-9-12(2)8-15(24)19(16)18)23-22(29)21(28)20(27)17(11-26)30-23/h4-10,17,20-23,26-29H,3,11H2,1-2H3/t17-,20-,21+,22-,23-/m1/s1. The maximum Gasteiger partial charge on any atom is 0.163 e. The van der Waals surface area contributed by atoms with Crippen molar-refractivity contribution < 1.29 is 29.6 Å². The third-order valence-corrected chi connectivity index (χ3v) is 6.73. The first-order chi connectivity index (χ1) is 14.8. The molecule has 0 bridgehead atoms. The second-order valence-electron chi connectivity index (χ2n) is 7.86. The molecule has 0 aliphatic carbocycles. The van der Waals surface area contributed by atoms with E-state index in [9.17, 15) is 20.4 Å². The van der Waals surface area contributed by atoms with Gasteiger partial charge in [0, 0.05) is 21.4 Å². The zero-order valence-electron chi connectivity index (χ0n) is 17.3. The van der Waals surface area contributed by atoms with Crippen molar-refractivity contribution in [3.8, 4) is 0 Å². The highest BCUT2D eigenvalue weighted by Crippen LogP contribution is 2.40. The highest BCUT2D eigenvalue weighted by atomic mass is 32.2. The third kappa shape index (κ3) is 4.11. The number of aliphatic hydroxyl groups is 4. The predicted octanol–water partition coefficient (Wildman–Crippen LogP) is 2.77. The summed E-state index contributed by atoms with van der Waals surface area (Å²) in [6, 6.07) is 11.2. The quantitative estimate of drug-likeness (QED) is 0.481. The minimum absolute atomic E-state index is 0.382. The van der Waals surface area contributed by atoms with E-state index in [4.69, 9.17) is 4.74 Å². The topological polar surface area (TPSA) is 95.1 Å². The normalized spacial score (nSPS) is 26.5. The molecule has 0 amide bonds. The summed E-state index contributed by atoms with van der Waals surface area (Å²) in [7, 11) is 0. The fraction of sp³-hybridized carbons (Fsp3) is 0.391. The molecule has 4 rings (SSSR count). The Bertz CT molecular complexity index is 1070. The Morgan fingerprint density at radius 2 is 1.77 bits per heavy atom. The Morgan fingerprint density at radius 1 is 1.06 bits per heavy atom. The van der Waals surface area contributed by atoms with Gasteiger partial charge in [-0.05, 0) is 48.7 Å². The fourth-order valence-corrected chi connectivity index (χ4v) is 4.95. The van der Waals surface area contributed by atoms with Gasteiger partial charge in [-0.25, -0.2) is 4.39 Å². The van der Waals surface area contributed by atoms with Crippen LogP contribution in [0.3, 0.4) is 0 Å². The molecule has 0 saturated carbocycles. The molecule has 2 aromatic carbocycles. The maximum atomic E-state index is 15.0. The maximum absolute atomic E-state index is 15.0. The monoisotopic (exact) mass is 447 g/mol. The molecule has 4 N–H and O–H groups in total. The van der Waals surface area contributed by atoms with Gasteiger partial charge in [-0.2, -0.15) is 0 Å². The fourth-order valence-electron chi connectivity index (χ4n) is 3.95. The summed E-state index contributed by atoms with van der Waals surface area (Å²) in [6.45, 7) is 3.32. The summed E-state index contributed by atoms with van der Waals surface area (Å²) in [5, 5.41) is 40.8. The van der Waals surface area contributed by atoms with Crippen LogP contribution in [-0.2, 0) is 11.2 Å². The van der Waals surface area contributed by atoms with E-state index in [1.807, 2.05) is 24.3 Å². The summed E-state index contributed by atoms with van der Waals surface area (Å²) < 4.78 is 22.3. The van der Waals surface area contributed by atoms with E-state index in [0.29, 0.717) is 21.4 Å². The number of nitrogens with zero attached hydrogens (tertiary/aromatic N) is 1. The number of aliphatic hydroxyl groups excluding tert-OH is 4. The Morgan fingerprint density at radius 3 is 2.42 bits per heavy atom. The van der Waals surface area contributed by atoms with E-state index >= 15 is 4.39 Å². The van der Waals surface area contributed by atoms with Crippen molar-refractivity contribution in [2.24, 2.45) is 0 Å². The van der Waals surface area contributed by atoms with E-state index in [-0.39, 0.29) is 0 Å². The van der Waals surface area contributed by atoms with Crippen molar-refractivity contribution in [2.45, 2.75) is 60.7 Å². The Balaban J connectivity index is 1.80. The van der Waals surface area contributed by atoms with Crippen LogP contribution in [0.2, 0.25) is 0 Å². The van der Waals surface area contributed by atoms with Crippen LogP contribution in [0.25, 0.3) is 10.9 Å². The van der Waals surface area contributed by atoms with Gasteiger partial charge in [0.2, 0.25) is 0 Å². The van der Waals surface area contributed by atoms with Crippen LogP contribution in [0.4, 0.5) is 4.39 Å². The lowest BCUT2D eigenvalue weighted by Crippen LogP contribution is -2.56. The molecule has 5 atom stereocenters. The number of rotatable bonds is 5. The van der Waals surface area contributed by atoms with E-state index in [0.717, 1.165) is 11.3 Å². The molecular formula is C23H26FNO5S. The molecule has 0 radical (unpaired) electrons. The average molecular weight is 448 g/mol. The lowest BCUT2D eigenvalue weighted by atomic mass is 9.98. The molecule has 2 heterocycles. The molecule has 6 nitrogen and oxygen atoms in total. The number of ether oxygens (including phenoxy) is 1. The van der Waals surface area contributed by atoms with Crippen LogP contribution in [0.1, 0.15) is 24.3 Å². The molecule has 0 unspecified atom stereocenters. The molecule has 0 spiro atoms. The lowest BCUT2D eigenvalue weighted by molar-refractivity contribution is -0.250. The molecule has 3 aromatic rings. The van der Waals surface area contributed by atoms with Crippen LogP contribution in [-0.4, -0.2) is 56.0 Å². The second kappa shape index (κ2) is 8.90. The SMILES string of the molecule is CCc1ccc(Sc2cn([C@@H]3O[C@H](CO)[C@@H](O)[C@H](O)[C@H]3O)c3cc(C)cc(F)c23)cc1. The number of halogens is 1. The van der Waals surface area contributed by atoms with Crippen LogP contribution < -0.4 is 0 Å². The minimum Gasteiger partial charge on any atom is -0.394 e. The van der Waals surface area contributed by atoms with Crippen molar-refractivity contribution in [3.05, 3.63) is 59.5 Å². The number of aryl methyl sites for hydroxylation is 2. The largest absolute Gasteiger partial charge is 0.394 e. The van der Waals surface area contributed by atoms with Gasteiger partial charge in [0.05, 0.1) is 12.1 Å². The number of hydrogen-bond donors (Lipinski definition) is 4. The van der Waals surface area contributed by atoms with E-state index in [1.165, 1.54) is 23.4 Å². The molecule has 1 aliphatic rings. The first-order valence-electron chi connectivity index (χ1n) is 10.2. The smallest absolute Gasteiger partial charge is 0.163 e. The van der Waals surface area contributed by atoms with E-state index in [2.05, 4.69) is 6.92 Å². The van der Waals surface area contributed by atoms with Crippen molar-refractivity contribution in [1.29, 1.82) is 0 Å². The summed E-state index contributed by atoms with van der Waals surface area (Å²) >= 11 is 1.39. The van der Waals surface area contributed by atoms with Gasteiger partial charge in [0.1, 0.15) is 30.2 Å². The zero-order valence-corrected chi connectivity index (χ0v) is 18.1. The van der Waals surface area contributed by atoms with Crippen molar-refractivity contribution in [2.75, 3.05) is 6.61 Å². The van der Waals surface area contributed by atoms with Crippen LogP contribution in [0.15, 0.2) is 52.4 Å². The third-order valence-electron chi connectivity index (χ3n) is 5.70. The molecule has 8 heteroatoms. The van der Waals surface area contributed by atoms with Crippen molar-refractivity contribution >= 4 is 22.7 Å². The lowest BCUT2D eigenvalue weighted by Gasteiger charge is -2.40. The zero-order chi connectivity index (χ0) is 22.3. The second-order valence-corrected chi connectivity index (χ2v) is 8.98. The van der Waals surface area contributed by atoms with E-state index in [1.54, 1.807) is 23.8 Å². The Kier molecular flexibility index (Phi) is 6.39. The molecule has 1 aliphatic heterocycles. The molecule has 1 aromatic heterocycles. The highest BCUT2D eigenvalue weighted by Gasteiger charge is 2.44. The predicted molar refractivity (Wildman–Crippen MR) is 116 cm³/mol. The molecule has 1 saturated heterocycles. The van der Waals surface area contributed by atoms with Crippen LogP contribution in [0.5, 0.6) is 0 Å². The summed E-state index contributed by atoms with van der Waals surface area (Å²) in [4.78, 5) is 1.57. The van der Waals surface area contributed by atoms with Gasteiger partial charge < -0.3 is 29.7 Å². The van der Waals surface area contributed by atoms with Crippen molar-refractivity contribution in [3.63, 3.8) is 0 Å². The van der Waals surface area contributed by atoms with Gasteiger partial charge in [0.25, 0.3) is 0 Å². The van der Waals surface area contributed by atoms with Crippen LogP contribution in [0, 0.1) is 12.7 Å². The number of benzene rings is 2. The highest BCUT2D eigenvalue weighted by molar-refractivity contribution is 7.99. The number of aromatic nitrogens is 1. The Labute approximate surface area is 183 Å². The van der Waals surface area contributed by atoms with Gasteiger partial charge >= 0.3 is 0 Å². The number of hydrogen-bond acceptors (Lipinski definition) is 6. The van der Waals surface area contributed by atoms with Gasteiger partial charge in [-0.1, -0.05) is 30.8 Å². The number of fused-ring (bicyclic) bond motifs is 1.